The molecule has 2 N–H and O–H groups in total. The highest BCUT2D eigenvalue weighted by Crippen LogP contribution is 2.40. The van der Waals surface area contributed by atoms with Crippen molar-refractivity contribution in [3.05, 3.63) is 24.1 Å². The maximum Gasteiger partial charge on any atom is 0.192 e. The number of rotatable bonds is 4. The van der Waals surface area contributed by atoms with Crippen molar-refractivity contribution in [1.82, 2.24) is 4.98 Å². The van der Waals surface area contributed by atoms with E-state index in [0.717, 1.165) is 36.2 Å². The number of aryl methyl sites for hydroxylation is 1. The molecule has 1 aliphatic carbocycles. The maximum atomic E-state index is 9.42. The fraction of sp³-hybridized carbons (Fsp3) is 0.500. The molecule has 0 unspecified atom stereocenters. The van der Waals surface area contributed by atoms with Crippen molar-refractivity contribution in [2.75, 3.05) is 18.5 Å². The van der Waals surface area contributed by atoms with Crippen LogP contribution in [0.3, 0.4) is 0 Å². The van der Waals surface area contributed by atoms with E-state index >= 15 is 0 Å². The molecule has 4 heteroatoms. The lowest BCUT2D eigenvalue weighted by Crippen LogP contribution is -2.39. The highest BCUT2D eigenvalue weighted by Gasteiger charge is 2.35. The van der Waals surface area contributed by atoms with Crippen LogP contribution in [-0.2, 0) is 0 Å². The second-order valence-corrected chi connectivity index (χ2v) is 5.28. The van der Waals surface area contributed by atoms with Gasteiger partial charge in [0.25, 0.3) is 0 Å². The van der Waals surface area contributed by atoms with E-state index in [-0.39, 0.29) is 12.0 Å². The molecule has 3 rings (SSSR count). The van der Waals surface area contributed by atoms with E-state index < -0.39 is 0 Å². The Labute approximate surface area is 106 Å². The Hall–Kier alpha value is -1.55. The Morgan fingerprint density at radius 3 is 2.94 bits per heavy atom. The average Bonchev–Trinajstić information content (AvgIpc) is 2.67. The maximum absolute atomic E-state index is 9.42. The molecule has 0 atom stereocenters. The third-order valence-corrected chi connectivity index (χ3v) is 3.91. The van der Waals surface area contributed by atoms with E-state index in [1.165, 1.54) is 6.42 Å². The lowest BCUT2D eigenvalue weighted by atomic mass is 9.69. The minimum Gasteiger partial charge on any atom is -0.441 e. The number of nitrogens with one attached hydrogen (secondary N) is 1. The van der Waals surface area contributed by atoms with Gasteiger partial charge in [-0.25, -0.2) is 4.98 Å². The van der Waals surface area contributed by atoms with Crippen LogP contribution < -0.4 is 5.32 Å². The molecular weight excluding hydrogens is 228 g/mol. The van der Waals surface area contributed by atoms with Crippen molar-refractivity contribution in [2.24, 2.45) is 5.41 Å². The number of hydrogen-bond donors (Lipinski definition) is 2. The van der Waals surface area contributed by atoms with Crippen LogP contribution in [0.2, 0.25) is 0 Å². The van der Waals surface area contributed by atoms with Gasteiger partial charge in [0.1, 0.15) is 5.52 Å². The lowest BCUT2D eigenvalue weighted by Gasteiger charge is -2.40. The molecule has 4 nitrogen and oxygen atoms in total. The van der Waals surface area contributed by atoms with Gasteiger partial charge in [0.15, 0.2) is 11.5 Å². The van der Waals surface area contributed by atoms with E-state index in [9.17, 15) is 5.11 Å². The average molecular weight is 246 g/mol. The Kier molecular flexibility index (Phi) is 2.74. The number of aliphatic hydroxyl groups is 1. The van der Waals surface area contributed by atoms with Gasteiger partial charge in [-0.1, -0.05) is 6.42 Å². The molecule has 0 amide bonds. The van der Waals surface area contributed by atoms with Gasteiger partial charge in [-0.15, -0.1) is 0 Å². The van der Waals surface area contributed by atoms with E-state index in [0.29, 0.717) is 5.89 Å². The molecule has 1 aliphatic rings. The van der Waals surface area contributed by atoms with Crippen molar-refractivity contribution in [3.8, 4) is 0 Å². The first kappa shape index (κ1) is 11.5. The molecule has 0 radical (unpaired) electrons. The Morgan fingerprint density at radius 1 is 1.44 bits per heavy atom. The molecule has 2 aromatic rings. The van der Waals surface area contributed by atoms with Crippen LogP contribution in [0.15, 0.2) is 22.6 Å². The molecule has 18 heavy (non-hydrogen) atoms. The van der Waals surface area contributed by atoms with E-state index in [4.69, 9.17) is 4.42 Å². The molecule has 0 spiro atoms. The molecule has 96 valence electrons. The Bertz CT molecular complexity index is 552. The lowest BCUT2D eigenvalue weighted by molar-refractivity contribution is 0.0576. The normalized spacial score (nSPS) is 17.7. The van der Waals surface area contributed by atoms with Gasteiger partial charge in [0, 0.05) is 24.6 Å². The summed E-state index contributed by atoms with van der Waals surface area (Å²) in [6.45, 7) is 2.94. The van der Waals surface area contributed by atoms with Crippen molar-refractivity contribution in [3.63, 3.8) is 0 Å². The number of fused-ring (bicyclic) bond motifs is 1. The first-order valence-corrected chi connectivity index (χ1v) is 6.43. The van der Waals surface area contributed by atoms with Crippen molar-refractivity contribution in [1.29, 1.82) is 0 Å². The van der Waals surface area contributed by atoms with Crippen molar-refractivity contribution >= 4 is 16.8 Å². The van der Waals surface area contributed by atoms with Gasteiger partial charge < -0.3 is 14.8 Å². The zero-order valence-corrected chi connectivity index (χ0v) is 10.6. The number of aromatic nitrogens is 1. The summed E-state index contributed by atoms with van der Waals surface area (Å²) in [7, 11) is 0. The number of oxazole rings is 1. The standard InChI is InChI=1S/C14H18N2O2/c1-10-16-12-7-11(3-4-13(12)18-10)15-8-14(9-17)5-2-6-14/h3-4,7,15,17H,2,5-6,8-9H2,1H3. The summed E-state index contributed by atoms with van der Waals surface area (Å²) in [5.41, 5.74) is 2.83. The summed E-state index contributed by atoms with van der Waals surface area (Å²) in [4.78, 5) is 4.32. The summed E-state index contributed by atoms with van der Waals surface area (Å²) in [5, 5.41) is 12.8. The second kappa shape index (κ2) is 4.28. The molecule has 1 saturated carbocycles. The fourth-order valence-corrected chi connectivity index (χ4v) is 2.51. The van der Waals surface area contributed by atoms with Crippen LogP contribution in [0, 0.1) is 12.3 Å². The summed E-state index contributed by atoms with van der Waals surface area (Å²) < 4.78 is 5.44. The SMILES string of the molecule is Cc1nc2cc(NCC3(CO)CCC3)ccc2o1. The Morgan fingerprint density at radius 2 is 2.28 bits per heavy atom. The van der Waals surface area contributed by atoms with Gasteiger partial charge in [0.05, 0.1) is 6.61 Å². The molecule has 0 bridgehead atoms. The minimum absolute atomic E-state index is 0.0920. The quantitative estimate of drug-likeness (QED) is 0.870. The summed E-state index contributed by atoms with van der Waals surface area (Å²) >= 11 is 0. The number of anilines is 1. The zero-order chi connectivity index (χ0) is 12.6. The second-order valence-electron chi connectivity index (χ2n) is 5.28. The summed E-state index contributed by atoms with van der Waals surface area (Å²) in [6.07, 6.45) is 3.45. The van der Waals surface area contributed by atoms with Gasteiger partial charge in [-0.2, -0.15) is 0 Å². The van der Waals surface area contributed by atoms with Crippen LogP contribution in [0.25, 0.3) is 11.1 Å². The smallest absolute Gasteiger partial charge is 0.192 e. The first-order chi connectivity index (χ1) is 8.71. The van der Waals surface area contributed by atoms with E-state index in [2.05, 4.69) is 10.3 Å². The summed E-state index contributed by atoms with van der Waals surface area (Å²) in [6, 6.07) is 5.93. The third kappa shape index (κ3) is 1.97. The first-order valence-electron chi connectivity index (χ1n) is 6.43. The number of nitrogens with zero attached hydrogens (tertiary/aromatic N) is 1. The minimum atomic E-state index is 0.0920. The van der Waals surface area contributed by atoms with Gasteiger partial charge in [0.2, 0.25) is 0 Å². The Balaban J connectivity index is 1.74. The van der Waals surface area contributed by atoms with Crippen LogP contribution >= 0.6 is 0 Å². The predicted octanol–water partition coefficient (Wildman–Crippen LogP) is 2.71. The van der Waals surface area contributed by atoms with E-state index in [1.807, 2.05) is 25.1 Å². The zero-order valence-electron chi connectivity index (χ0n) is 10.6. The molecule has 1 fully saturated rings. The van der Waals surface area contributed by atoms with E-state index in [1.54, 1.807) is 0 Å². The monoisotopic (exact) mass is 246 g/mol. The van der Waals surface area contributed by atoms with Gasteiger partial charge in [-0.05, 0) is 31.0 Å². The van der Waals surface area contributed by atoms with Crippen LogP contribution in [0.4, 0.5) is 5.69 Å². The van der Waals surface area contributed by atoms with Gasteiger partial charge >= 0.3 is 0 Å². The molecule has 0 saturated heterocycles. The molecule has 0 aliphatic heterocycles. The van der Waals surface area contributed by atoms with Crippen LogP contribution in [-0.4, -0.2) is 23.2 Å². The van der Waals surface area contributed by atoms with Crippen LogP contribution in [0.1, 0.15) is 25.2 Å². The summed E-state index contributed by atoms with van der Waals surface area (Å²) in [5.74, 6) is 0.688. The number of aliphatic hydroxyl groups excluding tert-OH is 1. The van der Waals surface area contributed by atoms with Crippen LogP contribution in [0.5, 0.6) is 0 Å². The third-order valence-electron chi connectivity index (χ3n) is 3.91. The number of hydrogen-bond acceptors (Lipinski definition) is 4. The van der Waals surface area contributed by atoms with Crippen molar-refractivity contribution in [2.45, 2.75) is 26.2 Å². The largest absolute Gasteiger partial charge is 0.441 e. The molecule has 1 aromatic heterocycles. The topological polar surface area (TPSA) is 58.3 Å². The molecular formula is C14H18N2O2. The molecule has 1 aromatic carbocycles. The molecule has 1 heterocycles. The van der Waals surface area contributed by atoms with Gasteiger partial charge in [-0.3, -0.25) is 0 Å². The predicted molar refractivity (Wildman–Crippen MR) is 70.6 cm³/mol. The highest BCUT2D eigenvalue weighted by atomic mass is 16.3. The highest BCUT2D eigenvalue weighted by molar-refractivity contribution is 5.77. The fourth-order valence-electron chi connectivity index (χ4n) is 2.51. The van der Waals surface area contributed by atoms with Crippen molar-refractivity contribution < 1.29 is 9.52 Å². The number of benzene rings is 1.